The molecular weight excluding hydrogens is 220 g/mol. The minimum atomic E-state index is 0.333. The van der Waals surface area contributed by atoms with Crippen LogP contribution in [-0.2, 0) is 0 Å². The smallest absolute Gasteiger partial charge is 0.204 e. The average Bonchev–Trinajstić information content (AvgIpc) is 2.52. The molecule has 2 aromatic rings. The van der Waals surface area contributed by atoms with E-state index in [-0.39, 0.29) is 0 Å². The van der Waals surface area contributed by atoms with Gasteiger partial charge in [0, 0.05) is 6.04 Å². The third-order valence-electron chi connectivity index (χ3n) is 2.85. The maximum absolute atomic E-state index is 6.19. The van der Waals surface area contributed by atoms with E-state index in [1.165, 1.54) is 5.56 Å². The minimum absolute atomic E-state index is 0.333. The summed E-state index contributed by atoms with van der Waals surface area (Å²) in [6.45, 7) is 8.60. The molecule has 2 rings (SSSR count). The Bertz CT molecular complexity index is 512. The topological polar surface area (TPSA) is 17.8 Å². The van der Waals surface area contributed by atoms with Gasteiger partial charge in [-0.05, 0) is 43.0 Å². The molecule has 0 unspecified atom stereocenters. The molecule has 0 spiro atoms. The van der Waals surface area contributed by atoms with E-state index in [1.54, 1.807) is 0 Å². The van der Waals surface area contributed by atoms with Crippen molar-refractivity contribution in [1.29, 1.82) is 0 Å². The van der Waals surface area contributed by atoms with Crippen molar-refractivity contribution in [2.24, 2.45) is 0 Å². The number of para-hydroxylation sites is 1. The predicted octanol–water partition coefficient (Wildman–Crippen LogP) is 4.39. The maximum Gasteiger partial charge on any atom is 0.204 e. The Hall–Kier alpha value is -1.02. The van der Waals surface area contributed by atoms with E-state index in [0.29, 0.717) is 17.2 Å². The van der Waals surface area contributed by atoms with Gasteiger partial charge in [0.05, 0.1) is 11.0 Å². The van der Waals surface area contributed by atoms with Crippen LogP contribution < -0.4 is 0 Å². The van der Waals surface area contributed by atoms with Crippen LogP contribution in [0.4, 0.5) is 0 Å². The Labute approximate surface area is 101 Å². The van der Waals surface area contributed by atoms with Gasteiger partial charge in [0.15, 0.2) is 0 Å². The summed E-state index contributed by atoms with van der Waals surface area (Å²) in [5, 5.41) is 0.582. The van der Waals surface area contributed by atoms with E-state index in [1.807, 2.05) is 0 Å². The van der Waals surface area contributed by atoms with Gasteiger partial charge >= 0.3 is 0 Å². The van der Waals surface area contributed by atoms with Crippen LogP contribution in [0, 0.1) is 0 Å². The maximum atomic E-state index is 6.19. The lowest BCUT2D eigenvalue weighted by Gasteiger charge is -2.10. The molecule has 2 nitrogen and oxygen atoms in total. The molecule has 0 fully saturated rings. The van der Waals surface area contributed by atoms with Crippen molar-refractivity contribution in [1.82, 2.24) is 9.55 Å². The number of hydrogen-bond acceptors (Lipinski definition) is 1. The van der Waals surface area contributed by atoms with Gasteiger partial charge in [0.25, 0.3) is 0 Å². The van der Waals surface area contributed by atoms with Crippen LogP contribution >= 0.6 is 11.6 Å². The van der Waals surface area contributed by atoms with Gasteiger partial charge < -0.3 is 4.57 Å². The molecule has 0 amide bonds. The third kappa shape index (κ3) is 1.71. The first kappa shape index (κ1) is 11.5. The van der Waals surface area contributed by atoms with Crippen LogP contribution in [0.3, 0.4) is 0 Å². The standard InChI is InChI=1S/C13H17ClN2/c1-8(2)10-6-5-7-11-12(10)15-13(14)16(11)9(3)4/h5-9H,1-4H3. The summed E-state index contributed by atoms with van der Waals surface area (Å²) in [6, 6.07) is 6.62. The molecule has 0 aliphatic rings. The lowest BCUT2D eigenvalue weighted by Crippen LogP contribution is -2.00. The molecule has 1 heterocycles. The summed E-state index contributed by atoms with van der Waals surface area (Å²) in [5.74, 6) is 0.468. The molecule has 0 saturated carbocycles. The fourth-order valence-electron chi connectivity index (χ4n) is 2.07. The quantitative estimate of drug-likeness (QED) is 0.756. The van der Waals surface area contributed by atoms with Crippen LogP contribution in [0.1, 0.15) is 45.2 Å². The summed E-state index contributed by atoms with van der Waals surface area (Å²) < 4.78 is 2.07. The van der Waals surface area contributed by atoms with E-state index in [0.717, 1.165) is 11.0 Å². The van der Waals surface area contributed by atoms with Crippen LogP contribution in [0.15, 0.2) is 18.2 Å². The number of nitrogens with zero attached hydrogens (tertiary/aromatic N) is 2. The first-order valence-corrected chi connectivity index (χ1v) is 6.06. The van der Waals surface area contributed by atoms with Crippen LogP contribution in [0.25, 0.3) is 11.0 Å². The van der Waals surface area contributed by atoms with E-state index in [4.69, 9.17) is 11.6 Å². The van der Waals surface area contributed by atoms with Crippen molar-refractivity contribution in [3.63, 3.8) is 0 Å². The molecule has 0 aliphatic heterocycles. The highest BCUT2D eigenvalue weighted by molar-refractivity contribution is 6.29. The zero-order chi connectivity index (χ0) is 11.9. The van der Waals surface area contributed by atoms with Gasteiger partial charge in [0.1, 0.15) is 0 Å². The second-order valence-electron chi connectivity index (χ2n) is 4.71. The molecule has 0 radical (unpaired) electrons. The highest BCUT2D eigenvalue weighted by Gasteiger charge is 2.15. The van der Waals surface area contributed by atoms with Gasteiger partial charge in [-0.15, -0.1) is 0 Å². The van der Waals surface area contributed by atoms with Crippen molar-refractivity contribution in [3.8, 4) is 0 Å². The van der Waals surface area contributed by atoms with Gasteiger partial charge in [-0.1, -0.05) is 26.0 Å². The summed E-state index contributed by atoms with van der Waals surface area (Å²) in [4.78, 5) is 4.48. The van der Waals surface area contributed by atoms with Gasteiger partial charge in [-0.3, -0.25) is 0 Å². The molecular formula is C13H17ClN2. The van der Waals surface area contributed by atoms with Crippen LogP contribution in [0.2, 0.25) is 5.28 Å². The Morgan fingerprint density at radius 2 is 1.88 bits per heavy atom. The zero-order valence-electron chi connectivity index (χ0n) is 10.2. The van der Waals surface area contributed by atoms with E-state index >= 15 is 0 Å². The van der Waals surface area contributed by atoms with Gasteiger partial charge in [0.2, 0.25) is 5.28 Å². The number of halogens is 1. The summed E-state index contributed by atoms with van der Waals surface area (Å²) in [7, 11) is 0. The van der Waals surface area contributed by atoms with E-state index in [9.17, 15) is 0 Å². The second kappa shape index (κ2) is 4.10. The second-order valence-corrected chi connectivity index (χ2v) is 5.05. The molecule has 0 bridgehead atoms. The molecule has 0 atom stereocenters. The number of benzene rings is 1. The Morgan fingerprint density at radius 3 is 2.44 bits per heavy atom. The predicted molar refractivity (Wildman–Crippen MR) is 69.2 cm³/mol. The molecule has 86 valence electrons. The summed E-state index contributed by atoms with van der Waals surface area (Å²) in [5.41, 5.74) is 3.43. The number of imidazole rings is 1. The highest BCUT2D eigenvalue weighted by Crippen LogP contribution is 2.29. The van der Waals surface area contributed by atoms with Gasteiger partial charge in [-0.25, -0.2) is 4.98 Å². The SMILES string of the molecule is CC(C)c1cccc2c1nc(Cl)n2C(C)C. The van der Waals surface area contributed by atoms with Crippen LogP contribution in [-0.4, -0.2) is 9.55 Å². The van der Waals surface area contributed by atoms with Crippen molar-refractivity contribution in [3.05, 3.63) is 29.0 Å². The first-order valence-electron chi connectivity index (χ1n) is 5.68. The molecule has 16 heavy (non-hydrogen) atoms. The van der Waals surface area contributed by atoms with E-state index in [2.05, 4.69) is 55.4 Å². The third-order valence-corrected chi connectivity index (χ3v) is 3.11. The number of fused-ring (bicyclic) bond motifs is 1. The number of hydrogen-bond donors (Lipinski definition) is 0. The fraction of sp³-hybridized carbons (Fsp3) is 0.462. The molecule has 1 aromatic carbocycles. The van der Waals surface area contributed by atoms with Crippen molar-refractivity contribution < 1.29 is 0 Å². The number of rotatable bonds is 2. The van der Waals surface area contributed by atoms with Crippen molar-refractivity contribution in [2.75, 3.05) is 0 Å². The first-order chi connectivity index (χ1) is 7.52. The monoisotopic (exact) mass is 236 g/mol. The van der Waals surface area contributed by atoms with Crippen molar-refractivity contribution in [2.45, 2.75) is 39.7 Å². The Morgan fingerprint density at radius 1 is 1.19 bits per heavy atom. The largest absolute Gasteiger partial charge is 0.312 e. The van der Waals surface area contributed by atoms with Crippen LogP contribution in [0.5, 0.6) is 0 Å². The summed E-state index contributed by atoms with van der Waals surface area (Å²) >= 11 is 6.19. The zero-order valence-corrected chi connectivity index (χ0v) is 10.9. The Balaban J connectivity index is 2.78. The molecule has 0 N–H and O–H groups in total. The van der Waals surface area contributed by atoms with Crippen molar-refractivity contribution >= 4 is 22.6 Å². The minimum Gasteiger partial charge on any atom is -0.312 e. The summed E-state index contributed by atoms with van der Waals surface area (Å²) in [6.07, 6.45) is 0. The lowest BCUT2D eigenvalue weighted by atomic mass is 10.0. The fourth-order valence-corrected chi connectivity index (χ4v) is 2.44. The number of aromatic nitrogens is 2. The molecule has 0 aliphatic carbocycles. The Kier molecular flexibility index (Phi) is 2.94. The normalized spacial score (nSPS) is 11.9. The molecule has 3 heteroatoms. The molecule has 0 saturated heterocycles. The van der Waals surface area contributed by atoms with Gasteiger partial charge in [-0.2, -0.15) is 0 Å². The average molecular weight is 237 g/mol. The lowest BCUT2D eigenvalue weighted by molar-refractivity contribution is 0.618. The highest BCUT2D eigenvalue weighted by atomic mass is 35.5. The van der Waals surface area contributed by atoms with E-state index < -0.39 is 0 Å². The molecule has 1 aromatic heterocycles.